The largest absolute Gasteiger partial charge is 0.338 e. The fourth-order valence-electron chi connectivity index (χ4n) is 3.25. The topological polar surface area (TPSA) is 78.4 Å². The van der Waals surface area contributed by atoms with Crippen LogP contribution in [-0.2, 0) is 4.79 Å². The SMILES string of the molecule is Cc1cccc(Nc2nnc(SCC(=O)N3CCN(C(=O)c4cccs4)CC3)s2)c1C. The summed E-state index contributed by atoms with van der Waals surface area (Å²) in [6.07, 6.45) is 0. The number of aryl methyl sites for hydroxylation is 1. The van der Waals surface area contributed by atoms with Crippen LogP contribution in [0.2, 0.25) is 0 Å². The van der Waals surface area contributed by atoms with Crippen LogP contribution in [0.25, 0.3) is 0 Å². The van der Waals surface area contributed by atoms with Crippen LogP contribution in [0, 0.1) is 13.8 Å². The van der Waals surface area contributed by atoms with Crippen molar-refractivity contribution in [1.82, 2.24) is 20.0 Å². The van der Waals surface area contributed by atoms with Crippen LogP contribution >= 0.6 is 34.4 Å². The summed E-state index contributed by atoms with van der Waals surface area (Å²) in [6.45, 7) is 6.40. The highest BCUT2D eigenvalue weighted by atomic mass is 32.2. The lowest BCUT2D eigenvalue weighted by atomic mass is 10.1. The number of carbonyl (C=O) groups is 2. The van der Waals surface area contributed by atoms with Crippen LogP contribution in [0.3, 0.4) is 0 Å². The molecule has 0 spiro atoms. The number of thioether (sulfide) groups is 1. The predicted octanol–water partition coefficient (Wildman–Crippen LogP) is 4.04. The molecule has 0 unspecified atom stereocenters. The molecular weight excluding hydrogens is 450 g/mol. The number of nitrogens with zero attached hydrogens (tertiary/aromatic N) is 4. The van der Waals surface area contributed by atoms with E-state index in [0.29, 0.717) is 37.1 Å². The average Bonchev–Trinajstić information content (AvgIpc) is 3.47. The van der Waals surface area contributed by atoms with Gasteiger partial charge in [-0.3, -0.25) is 9.59 Å². The molecule has 0 aliphatic carbocycles. The molecule has 1 saturated heterocycles. The molecule has 1 fully saturated rings. The zero-order chi connectivity index (χ0) is 21.8. The van der Waals surface area contributed by atoms with Gasteiger partial charge in [0.15, 0.2) is 4.34 Å². The van der Waals surface area contributed by atoms with Gasteiger partial charge in [0.25, 0.3) is 5.91 Å². The summed E-state index contributed by atoms with van der Waals surface area (Å²) in [4.78, 5) is 29.4. The molecule has 2 amide bonds. The van der Waals surface area contributed by atoms with Gasteiger partial charge in [0.05, 0.1) is 10.6 Å². The van der Waals surface area contributed by atoms with Crippen LogP contribution < -0.4 is 5.32 Å². The number of benzene rings is 1. The quantitative estimate of drug-likeness (QED) is 0.545. The normalized spacial score (nSPS) is 14.0. The van der Waals surface area contributed by atoms with E-state index in [1.807, 2.05) is 39.4 Å². The Morgan fingerprint density at radius 1 is 1.06 bits per heavy atom. The highest BCUT2D eigenvalue weighted by Crippen LogP contribution is 2.29. The van der Waals surface area contributed by atoms with Gasteiger partial charge in [0.1, 0.15) is 0 Å². The molecule has 1 aromatic carbocycles. The Balaban J connectivity index is 1.25. The number of anilines is 2. The molecular formula is C21H23N5O2S3. The van der Waals surface area contributed by atoms with Crippen molar-refractivity contribution >= 4 is 57.1 Å². The Bertz CT molecular complexity index is 1060. The van der Waals surface area contributed by atoms with E-state index in [4.69, 9.17) is 0 Å². The van der Waals surface area contributed by atoms with Crippen molar-refractivity contribution in [2.75, 3.05) is 37.2 Å². The summed E-state index contributed by atoms with van der Waals surface area (Å²) < 4.78 is 0.757. The first-order valence-corrected chi connectivity index (χ1v) is 12.6. The molecule has 0 radical (unpaired) electrons. The zero-order valence-electron chi connectivity index (χ0n) is 17.3. The standard InChI is InChI=1S/C21H23N5O2S3/c1-14-5-3-6-16(15(14)2)22-20-23-24-21(31-20)30-13-18(27)25-8-10-26(11-9-25)19(28)17-7-4-12-29-17/h3-7,12H,8-11,13H2,1-2H3,(H,22,23). The third kappa shape index (κ3) is 5.25. The molecule has 4 rings (SSSR count). The average molecular weight is 474 g/mol. The molecule has 31 heavy (non-hydrogen) atoms. The summed E-state index contributed by atoms with van der Waals surface area (Å²) in [5, 5.41) is 14.3. The first-order valence-electron chi connectivity index (χ1n) is 9.91. The van der Waals surface area contributed by atoms with E-state index in [-0.39, 0.29) is 11.8 Å². The van der Waals surface area contributed by atoms with Gasteiger partial charge in [-0.05, 0) is 42.5 Å². The summed E-state index contributed by atoms with van der Waals surface area (Å²) in [7, 11) is 0. The van der Waals surface area contributed by atoms with E-state index in [1.54, 1.807) is 0 Å². The lowest BCUT2D eigenvalue weighted by Crippen LogP contribution is -2.50. The highest BCUT2D eigenvalue weighted by molar-refractivity contribution is 8.01. The third-order valence-corrected chi connectivity index (χ3v) is 8.04. The van der Waals surface area contributed by atoms with Crippen molar-refractivity contribution < 1.29 is 9.59 Å². The smallest absolute Gasteiger partial charge is 0.264 e. The molecule has 2 aromatic heterocycles. The van der Waals surface area contributed by atoms with Crippen molar-refractivity contribution in [3.63, 3.8) is 0 Å². The van der Waals surface area contributed by atoms with Gasteiger partial charge >= 0.3 is 0 Å². The number of rotatable bonds is 6. The van der Waals surface area contributed by atoms with Crippen LogP contribution in [0.5, 0.6) is 0 Å². The number of aromatic nitrogens is 2. The Morgan fingerprint density at radius 3 is 2.58 bits per heavy atom. The van der Waals surface area contributed by atoms with E-state index in [2.05, 4.69) is 35.4 Å². The molecule has 0 bridgehead atoms. The molecule has 3 heterocycles. The first-order chi connectivity index (χ1) is 15.0. The minimum absolute atomic E-state index is 0.0502. The van der Waals surface area contributed by atoms with Crippen molar-refractivity contribution in [2.45, 2.75) is 18.2 Å². The maximum Gasteiger partial charge on any atom is 0.264 e. The van der Waals surface area contributed by atoms with E-state index < -0.39 is 0 Å². The minimum Gasteiger partial charge on any atom is -0.338 e. The fraction of sp³-hybridized carbons (Fsp3) is 0.333. The van der Waals surface area contributed by atoms with E-state index in [9.17, 15) is 9.59 Å². The van der Waals surface area contributed by atoms with E-state index in [0.717, 1.165) is 14.9 Å². The first kappa shape index (κ1) is 21.8. The molecule has 162 valence electrons. The maximum atomic E-state index is 12.6. The number of thiophene rings is 1. The maximum absolute atomic E-state index is 12.6. The second kappa shape index (κ2) is 9.80. The summed E-state index contributed by atoms with van der Waals surface area (Å²) in [6, 6.07) is 9.82. The Labute approximate surface area is 193 Å². The van der Waals surface area contributed by atoms with Gasteiger partial charge in [-0.15, -0.1) is 21.5 Å². The summed E-state index contributed by atoms with van der Waals surface area (Å²) in [5.41, 5.74) is 3.41. The van der Waals surface area contributed by atoms with E-state index >= 15 is 0 Å². The van der Waals surface area contributed by atoms with Crippen molar-refractivity contribution in [1.29, 1.82) is 0 Å². The van der Waals surface area contributed by atoms with Crippen LogP contribution in [0.4, 0.5) is 10.8 Å². The lowest BCUT2D eigenvalue weighted by molar-refractivity contribution is -0.129. The number of piperazine rings is 1. The van der Waals surface area contributed by atoms with Gasteiger partial charge in [0.2, 0.25) is 11.0 Å². The second-order valence-electron chi connectivity index (χ2n) is 7.18. The van der Waals surface area contributed by atoms with Gasteiger partial charge < -0.3 is 15.1 Å². The zero-order valence-corrected chi connectivity index (χ0v) is 19.8. The monoisotopic (exact) mass is 473 g/mol. The van der Waals surface area contributed by atoms with Crippen molar-refractivity contribution in [2.24, 2.45) is 0 Å². The molecule has 0 atom stereocenters. The van der Waals surface area contributed by atoms with Gasteiger partial charge in [-0.1, -0.05) is 41.3 Å². The fourth-order valence-corrected chi connectivity index (χ4v) is 5.61. The summed E-state index contributed by atoms with van der Waals surface area (Å²) >= 11 is 4.29. The summed E-state index contributed by atoms with van der Waals surface area (Å²) in [5.74, 6) is 0.429. The van der Waals surface area contributed by atoms with Crippen LogP contribution in [-0.4, -0.2) is 63.7 Å². The molecule has 3 aromatic rings. The predicted molar refractivity (Wildman–Crippen MR) is 127 cm³/mol. The van der Waals surface area contributed by atoms with Gasteiger partial charge in [-0.2, -0.15) is 0 Å². The van der Waals surface area contributed by atoms with Crippen LogP contribution in [0.1, 0.15) is 20.8 Å². The number of carbonyl (C=O) groups excluding carboxylic acids is 2. The minimum atomic E-state index is 0.0502. The Morgan fingerprint density at radius 2 is 1.84 bits per heavy atom. The molecule has 7 nitrogen and oxygen atoms in total. The lowest BCUT2D eigenvalue weighted by Gasteiger charge is -2.34. The van der Waals surface area contributed by atoms with Crippen molar-refractivity contribution in [3.05, 3.63) is 51.7 Å². The van der Waals surface area contributed by atoms with Crippen LogP contribution in [0.15, 0.2) is 40.1 Å². The third-order valence-electron chi connectivity index (χ3n) is 5.22. The number of nitrogens with one attached hydrogen (secondary N) is 1. The van der Waals surface area contributed by atoms with Gasteiger partial charge in [0, 0.05) is 31.9 Å². The number of hydrogen-bond acceptors (Lipinski definition) is 8. The second-order valence-corrected chi connectivity index (χ2v) is 10.3. The molecule has 1 aliphatic heterocycles. The van der Waals surface area contributed by atoms with E-state index in [1.165, 1.54) is 45.6 Å². The molecule has 1 N–H and O–H groups in total. The van der Waals surface area contributed by atoms with Gasteiger partial charge in [-0.25, -0.2) is 0 Å². The Hall–Kier alpha value is -2.43. The molecule has 0 saturated carbocycles. The molecule has 10 heteroatoms. The number of hydrogen-bond donors (Lipinski definition) is 1. The Kier molecular flexibility index (Phi) is 6.89. The van der Waals surface area contributed by atoms with Crippen molar-refractivity contribution in [3.8, 4) is 0 Å². The highest BCUT2D eigenvalue weighted by Gasteiger charge is 2.25. The number of amides is 2. The molecule has 1 aliphatic rings.